The zero-order valence-corrected chi connectivity index (χ0v) is 32.7. The van der Waals surface area contributed by atoms with Crippen molar-refractivity contribution in [1.82, 2.24) is 31.6 Å². The number of hydrogen-bond acceptors (Lipinski definition) is 7. The van der Waals surface area contributed by atoms with Crippen molar-refractivity contribution in [3.8, 4) is 0 Å². The van der Waals surface area contributed by atoms with Gasteiger partial charge in [0.2, 0.25) is 29.5 Å². The molecule has 2 heterocycles. The van der Waals surface area contributed by atoms with E-state index in [2.05, 4.69) is 31.6 Å². The molecule has 58 heavy (non-hydrogen) atoms. The molecule has 0 saturated carbocycles. The van der Waals surface area contributed by atoms with Crippen LogP contribution in [0.1, 0.15) is 48.8 Å². The van der Waals surface area contributed by atoms with E-state index in [0.29, 0.717) is 51.7 Å². The number of carbonyl (C=O) groups is 5. The van der Waals surface area contributed by atoms with E-state index in [9.17, 15) is 24.0 Å². The predicted octanol–water partition coefficient (Wildman–Crippen LogP) is 2.90. The zero-order valence-electron chi connectivity index (χ0n) is 32.7. The van der Waals surface area contributed by atoms with Crippen LogP contribution in [0.3, 0.4) is 0 Å². The van der Waals surface area contributed by atoms with Crippen molar-refractivity contribution in [2.24, 2.45) is 17.4 Å². The molecule has 1 aromatic heterocycles. The van der Waals surface area contributed by atoms with Gasteiger partial charge in [0.15, 0.2) is 0 Å². The maximum atomic E-state index is 14.6. The van der Waals surface area contributed by atoms with Crippen molar-refractivity contribution in [2.45, 2.75) is 75.5 Å². The lowest BCUT2D eigenvalue weighted by Gasteiger charge is -2.28. The Kier molecular flexibility index (Phi) is 14.6. The first-order valence-electron chi connectivity index (χ1n) is 20.2. The van der Waals surface area contributed by atoms with Gasteiger partial charge in [0, 0.05) is 42.3 Å². The van der Waals surface area contributed by atoms with Crippen molar-refractivity contribution in [3.05, 3.63) is 120 Å². The van der Waals surface area contributed by atoms with Gasteiger partial charge in [-0.15, -0.1) is 0 Å². The molecule has 0 aliphatic carbocycles. The Morgan fingerprint density at radius 2 is 1.24 bits per heavy atom. The first-order valence-corrected chi connectivity index (χ1v) is 20.2. The Morgan fingerprint density at radius 1 is 0.638 bits per heavy atom. The number of fused-ring (bicyclic) bond motifs is 2. The number of nitrogens with two attached hydrogens (primary N) is 2. The molecule has 1 aliphatic heterocycles. The van der Waals surface area contributed by atoms with Gasteiger partial charge in [0.05, 0.1) is 0 Å². The van der Waals surface area contributed by atoms with Crippen molar-refractivity contribution in [1.29, 1.82) is 0 Å². The van der Waals surface area contributed by atoms with E-state index in [4.69, 9.17) is 11.5 Å². The fourth-order valence-corrected chi connectivity index (χ4v) is 7.57. The molecule has 10 N–H and O–H groups in total. The van der Waals surface area contributed by atoms with Crippen LogP contribution < -0.4 is 38.1 Å². The Hall–Kier alpha value is -6.05. The molecule has 1 saturated heterocycles. The summed E-state index contributed by atoms with van der Waals surface area (Å²) in [5, 5.41) is 17.9. The Morgan fingerprint density at radius 3 is 1.95 bits per heavy atom. The summed E-state index contributed by atoms with van der Waals surface area (Å²) in [6.45, 7) is 1.84. The molecular weight excluding hydrogens is 733 g/mol. The lowest BCUT2D eigenvalue weighted by Crippen LogP contribution is -2.59. The van der Waals surface area contributed by atoms with E-state index in [1.807, 2.05) is 97.1 Å². The molecule has 1 unspecified atom stereocenters. The number of unbranched alkanes of at least 4 members (excludes halogenated alkanes) is 1. The van der Waals surface area contributed by atoms with Crippen LogP contribution in [0.15, 0.2) is 103 Å². The van der Waals surface area contributed by atoms with E-state index < -0.39 is 47.8 Å². The third-order valence-corrected chi connectivity index (χ3v) is 10.9. The van der Waals surface area contributed by atoms with Gasteiger partial charge in [0.25, 0.3) is 0 Å². The molecule has 1 aliphatic rings. The molecule has 13 nitrogen and oxygen atoms in total. The van der Waals surface area contributed by atoms with Crippen LogP contribution in [-0.4, -0.2) is 78.3 Å². The number of aromatic amines is 1. The molecule has 0 spiro atoms. The normalized spacial score (nSPS) is 15.2. The summed E-state index contributed by atoms with van der Waals surface area (Å²) in [7, 11) is 0. The zero-order chi connectivity index (χ0) is 40.9. The minimum Gasteiger partial charge on any atom is -0.368 e. The summed E-state index contributed by atoms with van der Waals surface area (Å²) in [4.78, 5) is 72.3. The van der Waals surface area contributed by atoms with Gasteiger partial charge in [-0.1, -0.05) is 91.0 Å². The molecule has 1 fully saturated rings. The van der Waals surface area contributed by atoms with Crippen molar-refractivity contribution in [2.75, 3.05) is 19.6 Å². The molecule has 0 bridgehead atoms. The molecule has 0 radical (unpaired) electrons. The number of hydrogen-bond donors (Lipinski definition) is 8. The van der Waals surface area contributed by atoms with Crippen LogP contribution in [0.4, 0.5) is 0 Å². The highest BCUT2D eigenvalue weighted by Gasteiger charge is 2.33. The molecule has 5 aromatic rings. The van der Waals surface area contributed by atoms with Crippen LogP contribution in [0.2, 0.25) is 0 Å². The van der Waals surface area contributed by atoms with E-state index in [-0.39, 0.29) is 31.1 Å². The van der Waals surface area contributed by atoms with Crippen LogP contribution >= 0.6 is 0 Å². The number of rotatable bonds is 19. The Balaban J connectivity index is 1.29. The first-order chi connectivity index (χ1) is 28.2. The summed E-state index contributed by atoms with van der Waals surface area (Å²) >= 11 is 0. The summed E-state index contributed by atoms with van der Waals surface area (Å²) in [6, 6.07) is 26.4. The van der Waals surface area contributed by atoms with Crippen molar-refractivity contribution in [3.63, 3.8) is 0 Å². The summed E-state index contributed by atoms with van der Waals surface area (Å²) < 4.78 is 0. The third-order valence-electron chi connectivity index (χ3n) is 10.9. The van der Waals surface area contributed by atoms with E-state index >= 15 is 0 Å². The molecule has 4 aromatic carbocycles. The predicted molar refractivity (Wildman–Crippen MR) is 225 cm³/mol. The van der Waals surface area contributed by atoms with Crippen LogP contribution in [0.25, 0.3) is 21.7 Å². The molecule has 4 atom stereocenters. The SMILES string of the molecule is NCCCC[C@H](NC(=O)[C@H](Cc1ccccc1)NC(=O)[C@@H](Cc1c[nH]c2ccccc12)NC(=O)C(Cc1ccc2ccccc2c1)NC(=O)C1CCNCC1)C(N)=O. The molecule has 6 rings (SSSR count). The maximum absolute atomic E-state index is 14.6. The van der Waals surface area contributed by atoms with Gasteiger partial charge >= 0.3 is 0 Å². The number of primary amides is 1. The number of nitrogens with one attached hydrogen (secondary N) is 6. The largest absolute Gasteiger partial charge is 0.368 e. The van der Waals surface area contributed by atoms with Gasteiger partial charge < -0.3 is 43.0 Å². The monoisotopic (exact) mass is 786 g/mol. The molecular formula is C45H54N8O5. The van der Waals surface area contributed by atoms with Crippen molar-refractivity contribution < 1.29 is 24.0 Å². The minimum atomic E-state index is -1.16. The van der Waals surface area contributed by atoms with Crippen LogP contribution in [0.5, 0.6) is 0 Å². The van der Waals surface area contributed by atoms with Gasteiger partial charge in [0.1, 0.15) is 24.2 Å². The summed E-state index contributed by atoms with van der Waals surface area (Å²) in [5.74, 6) is -2.89. The van der Waals surface area contributed by atoms with Gasteiger partial charge in [-0.3, -0.25) is 24.0 Å². The Bertz CT molecular complexity index is 2180. The average molecular weight is 787 g/mol. The number of para-hydroxylation sites is 1. The fourth-order valence-electron chi connectivity index (χ4n) is 7.57. The number of benzene rings is 4. The molecule has 5 amide bonds. The fraction of sp³-hybridized carbons (Fsp3) is 0.356. The smallest absolute Gasteiger partial charge is 0.243 e. The van der Waals surface area contributed by atoms with Crippen LogP contribution in [0, 0.1) is 5.92 Å². The van der Waals surface area contributed by atoms with Crippen molar-refractivity contribution >= 4 is 51.2 Å². The van der Waals surface area contributed by atoms with E-state index in [1.165, 1.54) is 0 Å². The Labute approximate surface area is 338 Å². The lowest BCUT2D eigenvalue weighted by atomic mass is 9.95. The number of H-pyrrole nitrogens is 1. The quantitative estimate of drug-likeness (QED) is 0.0586. The summed E-state index contributed by atoms with van der Waals surface area (Å²) in [6.07, 6.45) is 5.00. The van der Waals surface area contributed by atoms with Gasteiger partial charge in [-0.25, -0.2) is 0 Å². The minimum absolute atomic E-state index is 0.0786. The average Bonchev–Trinajstić information content (AvgIpc) is 3.65. The lowest BCUT2D eigenvalue weighted by molar-refractivity contribution is -0.135. The van der Waals surface area contributed by atoms with Gasteiger partial charge in [-0.05, 0) is 85.3 Å². The van der Waals surface area contributed by atoms with E-state index in [1.54, 1.807) is 6.20 Å². The number of amides is 5. The van der Waals surface area contributed by atoms with Crippen LogP contribution in [-0.2, 0) is 43.2 Å². The van der Waals surface area contributed by atoms with Gasteiger partial charge in [-0.2, -0.15) is 0 Å². The highest BCUT2D eigenvalue weighted by atomic mass is 16.2. The maximum Gasteiger partial charge on any atom is 0.243 e. The topological polar surface area (TPSA) is 213 Å². The molecule has 304 valence electrons. The first kappa shape index (κ1) is 41.6. The number of piperidine rings is 1. The second kappa shape index (κ2) is 20.4. The molecule has 13 heteroatoms. The summed E-state index contributed by atoms with van der Waals surface area (Å²) in [5.41, 5.74) is 14.6. The third kappa shape index (κ3) is 11.3. The highest BCUT2D eigenvalue weighted by Crippen LogP contribution is 2.21. The second-order valence-electron chi connectivity index (χ2n) is 15.1. The number of aromatic nitrogens is 1. The highest BCUT2D eigenvalue weighted by molar-refractivity contribution is 5.96. The number of carbonyl (C=O) groups excluding carboxylic acids is 5. The standard InChI is InChI=1S/C45H54N8O5/c46-21-9-8-16-37(41(47)54)50-43(56)38(25-29-10-2-1-3-11-29)52-45(58)40(27-34-28-49-36-15-7-6-14-35(34)36)53-44(57)39(51-42(55)32-19-22-48-23-20-32)26-30-17-18-31-12-4-5-13-33(31)24-30/h1-7,10-15,17-18,24,28,32,37-40,48-49H,8-9,16,19-23,25-27,46H2,(H2,47,54)(H,50,56)(H,51,55)(H,52,58)(H,53,57)/t37-,38-,39?,40+/m0/s1. The van der Waals surface area contributed by atoms with E-state index in [0.717, 1.165) is 38.4 Å². The second-order valence-corrected chi connectivity index (χ2v) is 15.1.